The highest BCUT2D eigenvalue weighted by Crippen LogP contribution is 2.46. The lowest BCUT2D eigenvalue weighted by Gasteiger charge is -2.48. The molecule has 1 saturated heterocycles. The Labute approximate surface area is 126 Å². The van der Waals surface area contributed by atoms with Crippen molar-refractivity contribution in [2.75, 3.05) is 6.61 Å². The molecule has 0 amide bonds. The molecular weight excluding hydrogens is 264 g/mol. The third-order valence-electron chi connectivity index (χ3n) is 5.38. The molecular formula is C18H24O3. The van der Waals surface area contributed by atoms with Gasteiger partial charge in [-0.1, -0.05) is 24.3 Å². The summed E-state index contributed by atoms with van der Waals surface area (Å²) in [6.07, 6.45) is 5.89. The van der Waals surface area contributed by atoms with Crippen molar-refractivity contribution < 1.29 is 14.6 Å². The normalized spacial score (nSPS) is 25.3. The number of ether oxygens (including phenoxy) is 1. The Morgan fingerprint density at radius 2 is 2.19 bits per heavy atom. The number of aliphatic carboxylic acids is 1. The largest absolute Gasteiger partial charge is 0.481 e. The number of aryl methyl sites for hydroxylation is 1. The Balaban J connectivity index is 1.75. The molecule has 0 aromatic heterocycles. The molecule has 2 aliphatic rings. The van der Waals surface area contributed by atoms with E-state index in [9.17, 15) is 9.90 Å². The second-order valence-corrected chi connectivity index (χ2v) is 6.71. The maximum atomic E-state index is 11.8. The average Bonchev–Trinajstić information content (AvgIpc) is 2.44. The van der Waals surface area contributed by atoms with E-state index in [2.05, 4.69) is 19.1 Å². The fraction of sp³-hybridized carbons (Fsp3) is 0.611. The first kappa shape index (κ1) is 14.6. The molecule has 1 N–H and O–H groups in total. The van der Waals surface area contributed by atoms with Gasteiger partial charge in [0.15, 0.2) is 0 Å². The van der Waals surface area contributed by atoms with Crippen LogP contribution in [-0.4, -0.2) is 23.3 Å². The third kappa shape index (κ3) is 2.98. The first-order valence-electron chi connectivity index (χ1n) is 8.01. The fourth-order valence-electron chi connectivity index (χ4n) is 3.86. The third-order valence-corrected chi connectivity index (χ3v) is 5.38. The summed E-state index contributed by atoms with van der Waals surface area (Å²) in [6.45, 7) is 2.79. The van der Waals surface area contributed by atoms with Crippen molar-refractivity contribution >= 4 is 5.97 Å². The maximum Gasteiger partial charge on any atom is 0.307 e. The Morgan fingerprint density at radius 1 is 1.43 bits per heavy atom. The summed E-state index contributed by atoms with van der Waals surface area (Å²) in [4.78, 5) is 11.8. The summed E-state index contributed by atoms with van der Waals surface area (Å²) in [5, 5.41) is 9.70. The van der Waals surface area contributed by atoms with E-state index in [1.165, 1.54) is 17.5 Å². The second kappa shape index (κ2) is 5.80. The molecule has 1 aliphatic heterocycles. The second-order valence-electron chi connectivity index (χ2n) is 6.71. The van der Waals surface area contributed by atoms with Gasteiger partial charge < -0.3 is 9.84 Å². The fourth-order valence-corrected chi connectivity index (χ4v) is 3.86. The molecule has 114 valence electrons. The Hall–Kier alpha value is -1.35. The van der Waals surface area contributed by atoms with Crippen LogP contribution in [0, 0.1) is 18.8 Å². The summed E-state index contributed by atoms with van der Waals surface area (Å²) in [5.41, 5.74) is 2.37. The van der Waals surface area contributed by atoms with Gasteiger partial charge in [0.2, 0.25) is 0 Å². The van der Waals surface area contributed by atoms with Crippen molar-refractivity contribution in [1.29, 1.82) is 0 Å². The lowest BCUT2D eigenvalue weighted by atomic mass is 9.68. The Bertz CT molecular complexity index is 519. The molecule has 3 nitrogen and oxygen atoms in total. The van der Waals surface area contributed by atoms with Crippen molar-refractivity contribution in [3.63, 3.8) is 0 Å². The van der Waals surface area contributed by atoms with Crippen molar-refractivity contribution in [2.24, 2.45) is 11.8 Å². The van der Waals surface area contributed by atoms with E-state index in [4.69, 9.17) is 4.74 Å². The van der Waals surface area contributed by atoms with Gasteiger partial charge in [-0.25, -0.2) is 0 Å². The molecule has 1 aromatic rings. The molecule has 2 atom stereocenters. The zero-order valence-corrected chi connectivity index (χ0v) is 12.7. The van der Waals surface area contributed by atoms with Crippen molar-refractivity contribution in [2.45, 2.75) is 51.0 Å². The molecule has 1 aliphatic carbocycles. The highest BCUT2D eigenvalue weighted by molar-refractivity contribution is 5.71. The van der Waals surface area contributed by atoms with E-state index in [1.807, 2.05) is 12.1 Å². The van der Waals surface area contributed by atoms with Gasteiger partial charge >= 0.3 is 5.97 Å². The molecule has 0 bridgehead atoms. The predicted octanol–water partition coefficient (Wildman–Crippen LogP) is 3.59. The lowest BCUT2D eigenvalue weighted by molar-refractivity contribution is -0.162. The van der Waals surface area contributed by atoms with Gasteiger partial charge in [-0.2, -0.15) is 0 Å². The van der Waals surface area contributed by atoms with E-state index in [0.29, 0.717) is 6.42 Å². The monoisotopic (exact) mass is 288 g/mol. The van der Waals surface area contributed by atoms with Crippen molar-refractivity contribution in [1.82, 2.24) is 0 Å². The highest BCUT2D eigenvalue weighted by atomic mass is 16.5. The molecule has 1 saturated carbocycles. The van der Waals surface area contributed by atoms with Gasteiger partial charge in [0.25, 0.3) is 0 Å². The van der Waals surface area contributed by atoms with Crippen LogP contribution in [0.2, 0.25) is 0 Å². The van der Waals surface area contributed by atoms with E-state index in [1.54, 1.807) is 0 Å². The molecule has 2 fully saturated rings. The Kier molecular flexibility index (Phi) is 4.03. The SMILES string of the molecule is Cc1ccccc1CC(C(=O)O)C1CCOC2(CCC2)C1. The van der Waals surface area contributed by atoms with Gasteiger partial charge in [0.1, 0.15) is 0 Å². The molecule has 2 unspecified atom stereocenters. The lowest BCUT2D eigenvalue weighted by Crippen LogP contribution is -2.48. The van der Waals surface area contributed by atoms with E-state index < -0.39 is 5.97 Å². The summed E-state index contributed by atoms with van der Waals surface area (Å²) in [6, 6.07) is 8.13. The van der Waals surface area contributed by atoms with Gasteiger partial charge in [-0.05, 0) is 62.5 Å². The van der Waals surface area contributed by atoms with Crippen LogP contribution in [-0.2, 0) is 16.0 Å². The number of hydrogen-bond donors (Lipinski definition) is 1. The molecule has 3 heteroatoms. The molecule has 1 heterocycles. The van der Waals surface area contributed by atoms with Crippen molar-refractivity contribution in [3.8, 4) is 0 Å². The minimum atomic E-state index is -0.653. The molecule has 0 radical (unpaired) electrons. The predicted molar refractivity (Wildman–Crippen MR) is 81.3 cm³/mol. The maximum absolute atomic E-state index is 11.8. The van der Waals surface area contributed by atoms with Gasteiger partial charge in [-0.3, -0.25) is 4.79 Å². The van der Waals surface area contributed by atoms with Crippen LogP contribution in [0.1, 0.15) is 43.2 Å². The zero-order chi connectivity index (χ0) is 14.9. The highest BCUT2D eigenvalue weighted by Gasteiger charge is 2.45. The number of hydrogen-bond acceptors (Lipinski definition) is 2. The van der Waals surface area contributed by atoms with Gasteiger partial charge in [-0.15, -0.1) is 0 Å². The summed E-state index contributed by atoms with van der Waals surface area (Å²) in [5.74, 6) is -0.691. The first-order chi connectivity index (χ1) is 10.1. The zero-order valence-electron chi connectivity index (χ0n) is 12.7. The first-order valence-corrected chi connectivity index (χ1v) is 8.01. The van der Waals surface area contributed by atoms with E-state index in [0.717, 1.165) is 32.3 Å². The number of rotatable bonds is 4. The van der Waals surface area contributed by atoms with Crippen molar-refractivity contribution in [3.05, 3.63) is 35.4 Å². The quantitative estimate of drug-likeness (QED) is 0.921. The van der Waals surface area contributed by atoms with Crippen LogP contribution < -0.4 is 0 Å². The van der Waals surface area contributed by atoms with E-state index in [-0.39, 0.29) is 17.4 Å². The van der Waals surface area contributed by atoms with Gasteiger partial charge in [0, 0.05) is 6.61 Å². The van der Waals surface area contributed by atoms with Crippen LogP contribution in [0.15, 0.2) is 24.3 Å². The smallest absolute Gasteiger partial charge is 0.307 e. The molecule has 1 spiro atoms. The van der Waals surface area contributed by atoms with Gasteiger partial charge in [0.05, 0.1) is 11.5 Å². The summed E-state index contributed by atoms with van der Waals surface area (Å²) < 4.78 is 5.94. The van der Waals surface area contributed by atoms with Crippen LogP contribution in [0.4, 0.5) is 0 Å². The number of carboxylic acid groups (broad SMARTS) is 1. The summed E-state index contributed by atoms with van der Waals surface area (Å²) >= 11 is 0. The summed E-state index contributed by atoms with van der Waals surface area (Å²) in [7, 11) is 0. The topological polar surface area (TPSA) is 46.5 Å². The number of carbonyl (C=O) groups is 1. The Morgan fingerprint density at radius 3 is 2.81 bits per heavy atom. The molecule has 3 rings (SSSR count). The minimum Gasteiger partial charge on any atom is -0.481 e. The van der Waals surface area contributed by atoms with E-state index >= 15 is 0 Å². The standard InChI is InChI=1S/C18H24O3/c1-13-5-2-3-6-14(13)11-16(17(19)20)15-7-10-21-18(12-15)8-4-9-18/h2-3,5-6,15-16H,4,7-12H2,1H3,(H,19,20). The molecule has 1 aromatic carbocycles. The van der Waals surface area contributed by atoms with Crippen LogP contribution in [0.5, 0.6) is 0 Å². The average molecular weight is 288 g/mol. The van der Waals surface area contributed by atoms with Crippen LogP contribution >= 0.6 is 0 Å². The number of carboxylic acids is 1. The molecule has 21 heavy (non-hydrogen) atoms. The number of benzene rings is 1. The minimum absolute atomic E-state index is 0.0162. The van der Waals surface area contributed by atoms with Crippen LogP contribution in [0.3, 0.4) is 0 Å². The van der Waals surface area contributed by atoms with Crippen LogP contribution in [0.25, 0.3) is 0 Å².